The topological polar surface area (TPSA) is 49.7 Å². The van der Waals surface area contributed by atoms with Crippen molar-refractivity contribution < 1.29 is 14.6 Å². The lowest BCUT2D eigenvalue weighted by molar-refractivity contribution is 0.246. The van der Waals surface area contributed by atoms with Crippen LogP contribution in [0.3, 0.4) is 0 Å². The van der Waals surface area contributed by atoms with Crippen LogP contribution in [0.25, 0.3) is 0 Å². The highest BCUT2D eigenvalue weighted by atomic mass is 28.4. The van der Waals surface area contributed by atoms with E-state index < -0.39 is 8.32 Å². The van der Waals surface area contributed by atoms with Crippen molar-refractivity contribution in [3.8, 4) is 0 Å². The van der Waals surface area contributed by atoms with E-state index in [4.69, 9.17) is 14.6 Å². The van der Waals surface area contributed by atoms with Gasteiger partial charge in [-0.05, 0) is 37.4 Å². The lowest BCUT2D eigenvalue weighted by Crippen LogP contribution is -2.41. The van der Waals surface area contributed by atoms with Gasteiger partial charge in [-0.3, -0.25) is 0 Å². The van der Waals surface area contributed by atoms with E-state index in [1.54, 1.807) is 0 Å². The highest BCUT2D eigenvalue weighted by Crippen LogP contribution is 2.31. The van der Waals surface area contributed by atoms with Crippen molar-refractivity contribution in [2.24, 2.45) is 0 Å². The summed E-state index contributed by atoms with van der Waals surface area (Å²) in [5.41, 5.74) is 0. The fourth-order valence-corrected chi connectivity index (χ4v) is 6.49. The Bertz CT molecular complexity index is 136. The molecule has 0 aromatic heterocycles. The number of hydrogen-bond acceptors (Lipinski definition) is 3. The van der Waals surface area contributed by atoms with Crippen molar-refractivity contribution in [3.05, 3.63) is 0 Å². The minimum absolute atomic E-state index is 0.275. The summed E-state index contributed by atoms with van der Waals surface area (Å²) in [7, 11) is -1.54. The molecule has 14 heavy (non-hydrogen) atoms. The van der Waals surface area contributed by atoms with E-state index in [-0.39, 0.29) is 13.2 Å². The van der Waals surface area contributed by atoms with E-state index in [0.29, 0.717) is 0 Å². The van der Waals surface area contributed by atoms with E-state index in [9.17, 15) is 0 Å². The summed E-state index contributed by atoms with van der Waals surface area (Å²) in [6, 6.07) is 3.38. The van der Waals surface area contributed by atoms with Crippen molar-refractivity contribution in [3.63, 3.8) is 0 Å². The molecular weight excluding hydrogens is 196 g/mol. The SMILES string of the molecule is OCCC[Si]1(CCCO)CCCCO1. The maximum atomic E-state index is 8.85. The molecular formula is C10H22O3Si. The molecule has 1 aliphatic heterocycles. The summed E-state index contributed by atoms with van der Waals surface area (Å²) in [4.78, 5) is 0. The summed E-state index contributed by atoms with van der Waals surface area (Å²) in [5, 5.41) is 17.7. The number of aliphatic hydroxyl groups is 2. The molecule has 0 aromatic carbocycles. The van der Waals surface area contributed by atoms with Gasteiger partial charge in [-0.25, -0.2) is 0 Å². The summed E-state index contributed by atoms with van der Waals surface area (Å²) in [6.45, 7) is 1.46. The van der Waals surface area contributed by atoms with Crippen molar-refractivity contribution in [1.29, 1.82) is 0 Å². The van der Waals surface area contributed by atoms with Crippen molar-refractivity contribution in [2.75, 3.05) is 19.8 Å². The lowest BCUT2D eigenvalue weighted by atomic mass is 10.4. The van der Waals surface area contributed by atoms with Crippen LogP contribution in [0, 0.1) is 0 Å². The second-order valence-electron chi connectivity index (χ2n) is 4.14. The van der Waals surface area contributed by atoms with Gasteiger partial charge in [0.15, 0.2) is 8.32 Å². The molecule has 1 rings (SSSR count). The zero-order valence-corrected chi connectivity index (χ0v) is 9.87. The van der Waals surface area contributed by atoms with Crippen LogP contribution in [0.15, 0.2) is 0 Å². The Morgan fingerprint density at radius 3 is 2.07 bits per heavy atom. The van der Waals surface area contributed by atoms with Gasteiger partial charge in [0.25, 0.3) is 0 Å². The summed E-state index contributed by atoms with van der Waals surface area (Å²) < 4.78 is 5.99. The average Bonchev–Trinajstić information content (AvgIpc) is 2.25. The second kappa shape index (κ2) is 6.56. The Labute approximate surface area is 87.2 Å². The molecule has 1 heterocycles. The van der Waals surface area contributed by atoms with Gasteiger partial charge in [0.05, 0.1) is 0 Å². The van der Waals surface area contributed by atoms with Crippen molar-refractivity contribution in [1.82, 2.24) is 0 Å². The minimum Gasteiger partial charge on any atom is -0.417 e. The largest absolute Gasteiger partial charge is 0.417 e. The fourth-order valence-electron chi connectivity index (χ4n) is 2.23. The van der Waals surface area contributed by atoms with E-state index in [1.807, 2.05) is 0 Å². The quantitative estimate of drug-likeness (QED) is 0.664. The summed E-state index contributed by atoms with van der Waals surface area (Å²) >= 11 is 0. The third-order valence-corrected chi connectivity index (χ3v) is 7.63. The van der Waals surface area contributed by atoms with Crippen molar-refractivity contribution in [2.45, 2.75) is 43.8 Å². The maximum absolute atomic E-state index is 8.85. The van der Waals surface area contributed by atoms with Crippen LogP contribution in [0.4, 0.5) is 0 Å². The van der Waals surface area contributed by atoms with E-state index >= 15 is 0 Å². The number of aliphatic hydroxyl groups excluding tert-OH is 2. The Kier molecular flexibility index (Phi) is 5.70. The Morgan fingerprint density at radius 2 is 1.64 bits per heavy atom. The fraction of sp³-hybridized carbons (Fsp3) is 1.00. The first-order valence-electron chi connectivity index (χ1n) is 5.69. The third-order valence-electron chi connectivity index (χ3n) is 3.02. The van der Waals surface area contributed by atoms with Crippen LogP contribution >= 0.6 is 0 Å². The minimum atomic E-state index is -1.54. The normalized spacial score (nSPS) is 21.0. The molecule has 0 spiro atoms. The summed E-state index contributed by atoms with van der Waals surface area (Å²) in [5.74, 6) is 0. The Morgan fingerprint density at radius 1 is 1.00 bits per heavy atom. The highest BCUT2D eigenvalue weighted by molar-refractivity contribution is 6.73. The standard InChI is InChI=1S/C10H22O3Si/c11-5-3-9-14(10-4-6-12)8-2-1-7-13-14/h11-12H,1-10H2. The molecule has 0 unspecified atom stereocenters. The molecule has 0 amide bonds. The third kappa shape index (κ3) is 3.69. The van der Waals surface area contributed by atoms with Gasteiger partial charge in [0, 0.05) is 19.8 Å². The molecule has 0 aliphatic carbocycles. The van der Waals surface area contributed by atoms with Gasteiger partial charge in [-0.2, -0.15) is 0 Å². The molecule has 1 fully saturated rings. The molecule has 0 radical (unpaired) electrons. The smallest absolute Gasteiger partial charge is 0.192 e. The molecule has 0 aromatic rings. The van der Waals surface area contributed by atoms with Crippen LogP contribution in [-0.4, -0.2) is 38.4 Å². The van der Waals surface area contributed by atoms with Gasteiger partial charge < -0.3 is 14.6 Å². The molecule has 4 heteroatoms. The molecule has 1 aliphatic rings. The maximum Gasteiger partial charge on any atom is 0.192 e. The molecule has 3 nitrogen and oxygen atoms in total. The van der Waals surface area contributed by atoms with Gasteiger partial charge in [0.2, 0.25) is 0 Å². The number of hydrogen-bond donors (Lipinski definition) is 2. The van der Waals surface area contributed by atoms with E-state index in [1.165, 1.54) is 18.9 Å². The molecule has 84 valence electrons. The predicted molar refractivity (Wildman–Crippen MR) is 58.8 cm³/mol. The van der Waals surface area contributed by atoms with Crippen LogP contribution < -0.4 is 0 Å². The van der Waals surface area contributed by atoms with Gasteiger partial charge >= 0.3 is 0 Å². The zero-order valence-electron chi connectivity index (χ0n) is 8.87. The molecule has 2 N–H and O–H groups in total. The average molecular weight is 218 g/mol. The first-order chi connectivity index (χ1) is 6.83. The predicted octanol–water partition coefficient (Wildman–Crippen LogP) is 1.51. The van der Waals surface area contributed by atoms with E-state index in [0.717, 1.165) is 31.5 Å². The van der Waals surface area contributed by atoms with Crippen LogP contribution in [0.5, 0.6) is 0 Å². The van der Waals surface area contributed by atoms with Crippen LogP contribution in [0.2, 0.25) is 18.1 Å². The molecule has 0 atom stereocenters. The van der Waals surface area contributed by atoms with Crippen LogP contribution in [0.1, 0.15) is 25.7 Å². The lowest BCUT2D eigenvalue weighted by Gasteiger charge is -2.35. The van der Waals surface area contributed by atoms with Gasteiger partial charge in [0.1, 0.15) is 0 Å². The number of rotatable bonds is 6. The monoisotopic (exact) mass is 218 g/mol. The second-order valence-corrected chi connectivity index (χ2v) is 8.30. The molecule has 0 saturated carbocycles. The van der Waals surface area contributed by atoms with Crippen LogP contribution in [-0.2, 0) is 4.43 Å². The van der Waals surface area contributed by atoms with Crippen molar-refractivity contribution >= 4 is 8.32 Å². The zero-order chi connectivity index (χ0) is 10.3. The van der Waals surface area contributed by atoms with Gasteiger partial charge in [-0.15, -0.1) is 0 Å². The van der Waals surface area contributed by atoms with Gasteiger partial charge in [-0.1, -0.05) is 6.42 Å². The Hall–Kier alpha value is 0.0969. The first kappa shape index (κ1) is 12.2. The molecule has 0 bridgehead atoms. The van der Waals surface area contributed by atoms with E-state index in [2.05, 4.69) is 0 Å². The Balaban J connectivity index is 2.39. The highest BCUT2D eigenvalue weighted by Gasteiger charge is 2.35. The first-order valence-corrected chi connectivity index (χ1v) is 8.22. The summed E-state index contributed by atoms with van der Waals surface area (Å²) in [6.07, 6.45) is 4.21. The molecule has 1 saturated heterocycles.